The van der Waals surface area contributed by atoms with Gasteiger partial charge in [-0.1, -0.05) is 0 Å². The van der Waals surface area contributed by atoms with E-state index in [2.05, 4.69) is 4.74 Å². The van der Waals surface area contributed by atoms with E-state index in [0.717, 1.165) is 0 Å². The molecule has 0 fully saturated rings. The highest BCUT2D eigenvalue weighted by Gasteiger charge is 2.24. The maximum Gasteiger partial charge on any atom is 0.295 e. The maximum absolute atomic E-state index is 9.99. The molecule has 4 nitrogen and oxygen atoms in total. The number of rotatable bonds is 4. The number of ether oxygens (including phenoxy) is 1. The summed E-state index contributed by atoms with van der Waals surface area (Å²) in [6.07, 6.45) is 0. The molecule has 0 aliphatic rings. The Labute approximate surface area is 72.7 Å². The van der Waals surface area contributed by atoms with E-state index in [1.807, 2.05) is 20.8 Å². The summed E-state index contributed by atoms with van der Waals surface area (Å²) in [5.74, 6) is -1.03. The van der Waals surface area contributed by atoms with Crippen LogP contribution in [-0.4, -0.2) is 17.9 Å². The van der Waals surface area contributed by atoms with E-state index in [-0.39, 0.29) is 0 Å². The number of hydrogen-bond acceptors (Lipinski definition) is 4. The van der Waals surface area contributed by atoms with Crippen molar-refractivity contribution in [2.75, 3.05) is 0 Å². The van der Waals surface area contributed by atoms with E-state index in [9.17, 15) is 4.79 Å². The van der Waals surface area contributed by atoms with E-state index in [1.54, 1.807) is 13.8 Å². The normalized spacial score (nSPS) is 12.8. The highest BCUT2D eigenvalue weighted by Crippen LogP contribution is 2.16. The van der Waals surface area contributed by atoms with Crippen LogP contribution in [0.3, 0.4) is 0 Å². The molecular formula is C8H16O4. The average Bonchev–Trinajstić information content (AvgIpc) is 1.83. The minimum Gasteiger partial charge on any atom is -0.433 e. The largest absolute Gasteiger partial charge is 0.433 e. The van der Waals surface area contributed by atoms with E-state index in [4.69, 9.17) is 9.78 Å². The summed E-state index contributed by atoms with van der Waals surface area (Å²) < 4.78 is 4.60. The molecule has 0 atom stereocenters. The van der Waals surface area contributed by atoms with E-state index < -0.39 is 11.4 Å². The van der Waals surface area contributed by atoms with Gasteiger partial charge in [-0.15, -0.1) is 0 Å². The van der Waals surface area contributed by atoms with Gasteiger partial charge in [-0.3, -0.25) is 4.79 Å². The molecule has 0 spiro atoms. The zero-order chi connectivity index (χ0) is 9.83. The van der Waals surface area contributed by atoms with Gasteiger partial charge in [0.15, 0.2) is 0 Å². The molecule has 0 rings (SSSR count). The third-order valence-corrected chi connectivity index (χ3v) is 0.824. The molecule has 72 valence electrons. The SMILES string of the molecule is CC(C)(C)OOC(C)(C)OC=O. The van der Waals surface area contributed by atoms with E-state index in [0.29, 0.717) is 6.47 Å². The van der Waals surface area contributed by atoms with Gasteiger partial charge in [-0.25, -0.2) is 4.89 Å². The smallest absolute Gasteiger partial charge is 0.295 e. The van der Waals surface area contributed by atoms with Crippen LogP contribution in [0.4, 0.5) is 0 Å². The molecule has 0 radical (unpaired) electrons. The fourth-order valence-corrected chi connectivity index (χ4v) is 0.361. The third kappa shape index (κ3) is 6.12. The van der Waals surface area contributed by atoms with Gasteiger partial charge in [0.05, 0.1) is 5.60 Å². The molecule has 0 aliphatic carbocycles. The second kappa shape index (κ2) is 3.87. The summed E-state index contributed by atoms with van der Waals surface area (Å²) in [5, 5.41) is 0. The van der Waals surface area contributed by atoms with Crippen LogP contribution < -0.4 is 0 Å². The van der Waals surface area contributed by atoms with Gasteiger partial charge >= 0.3 is 0 Å². The van der Waals surface area contributed by atoms with Crippen LogP contribution in [0.15, 0.2) is 0 Å². The third-order valence-electron chi connectivity index (χ3n) is 0.824. The monoisotopic (exact) mass is 176 g/mol. The molecule has 0 bridgehead atoms. The Morgan fingerprint density at radius 1 is 1.00 bits per heavy atom. The molecular weight excluding hydrogens is 160 g/mol. The topological polar surface area (TPSA) is 44.8 Å². The Balaban J connectivity index is 3.83. The first-order valence-corrected chi connectivity index (χ1v) is 3.75. The average molecular weight is 176 g/mol. The lowest BCUT2D eigenvalue weighted by Gasteiger charge is -2.26. The Hall–Kier alpha value is -0.610. The molecule has 0 saturated heterocycles. The fourth-order valence-electron chi connectivity index (χ4n) is 0.361. The van der Waals surface area contributed by atoms with Crippen LogP contribution in [0, 0.1) is 0 Å². The lowest BCUT2D eigenvalue weighted by molar-refractivity contribution is -0.439. The molecule has 4 heteroatoms. The van der Waals surface area contributed by atoms with Crippen LogP contribution in [0.5, 0.6) is 0 Å². The van der Waals surface area contributed by atoms with Gasteiger partial charge in [-0.2, -0.15) is 4.89 Å². The van der Waals surface area contributed by atoms with Crippen molar-refractivity contribution in [2.45, 2.75) is 46.0 Å². The lowest BCUT2D eigenvalue weighted by atomic mass is 10.2. The standard InChI is InChI=1S/C8H16O4/c1-7(2,3)11-12-8(4,5)10-6-9/h6H,1-5H3. The highest BCUT2D eigenvalue weighted by molar-refractivity contribution is 5.37. The molecule has 0 aromatic heterocycles. The van der Waals surface area contributed by atoms with Crippen molar-refractivity contribution in [3.63, 3.8) is 0 Å². The van der Waals surface area contributed by atoms with Crippen molar-refractivity contribution >= 4 is 6.47 Å². The predicted molar refractivity (Wildman–Crippen MR) is 43.2 cm³/mol. The van der Waals surface area contributed by atoms with Crippen molar-refractivity contribution in [2.24, 2.45) is 0 Å². The summed E-state index contributed by atoms with van der Waals surface area (Å²) in [6, 6.07) is 0. The van der Waals surface area contributed by atoms with Gasteiger partial charge < -0.3 is 4.74 Å². The second-order valence-electron chi connectivity index (χ2n) is 3.89. The fraction of sp³-hybridized carbons (Fsp3) is 0.875. The summed E-state index contributed by atoms with van der Waals surface area (Å²) in [7, 11) is 0. The lowest BCUT2D eigenvalue weighted by Crippen LogP contribution is -2.32. The van der Waals surface area contributed by atoms with Gasteiger partial charge in [-0.05, 0) is 20.8 Å². The Kier molecular flexibility index (Phi) is 3.67. The van der Waals surface area contributed by atoms with Gasteiger partial charge in [0.2, 0.25) is 5.79 Å². The van der Waals surface area contributed by atoms with E-state index in [1.165, 1.54) is 0 Å². The Morgan fingerprint density at radius 2 is 1.50 bits per heavy atom. The molecule has 0 saturated carbocycles. The molecule has 0 unspecified atom stereocenters. The maximum atomic E-state index is 9.99. The van der Waals surface area contributed by atoms with Gasteiger partial charge in [0, 0.05) is 13.8 Å². The molecule has 0 aromatic carbocycles. The van der Waals surface area contributed by atoms with E-state index >= 15 is 0 Å². The minimum absolute atomic E-state index is 0.325. The van der Waals surface area contributed by atoms with Crippen molar-refractivity contribution in [1.82, 2.24) is 0 Å². The van der Waals surface area contributed by atoms with Crippen LogP contribution >= 0.6 is 0 Å². The van der Waals surface area contributed by atoms with Crippen LogP contribution in [0.2, 0.25) is 0 Å². The first-order valence-electron chi connectivity index (χ1n) is 3.75. The van der Waals surface area contributed by atoms with Crippen LogP contribution in [-0.2, 0) is 19.3 Å². The van der Waals surface area contributed by atoms with Crippen molar-refractivity contribution < 1.29 is 19.3 Å². The summed E-state index contributed by atoms with van der Waals surface area (Å²) in [4.78, 5) is 19.8. The second-order valence-corrected chi connectivity index (χ2v) is 3.89. The van der Waals surface area contributed by atoms with Crippen molar-refractivity contribution in [1.29, 1.82) is 0 Å². The van der Waals surface area contributed by atoms with Crippen molar-refractivity contribution in [3.8, 4) is 0 Å². The molecule has 0 amide bonds. The summed E-state index contributed by atoms with van der Waals surface area (Å²) in [5.41, 5.74) is -0.413. The van der Waals surface area contributed by atoms with Crippen LogP contribution in [0.25, 0.3) is 0 Å². The summed E-state index contributed by atoms with van der Waals surface area (Å²) >= 11 is 0. The number of carbonyl (C=O) groups is 1. The van der Waals surface area contributed by atoms with Crippen molar-refractivity contribution in [3.05, 3.63) is 0 Å². The Bertz CT molecular complexity index is 146. The molecule has 0 aliphatic heterocycles. The molecule has 0 N–H and O–H groups in total. The molecule has 0 heterocycles. The van der Waals surface area contributed by atoms with Gasteiger partial charge in [0.1, 0.15) is 0 Å². The predicted octanol–water partition coefficient (Wildman–Crippen LogP) is 1.64. The number of hydrogen-bond donors (Lipinski definition) is 0. The molecule has 0 aromatic rings. The molecule has 12 heavy (non-hydrogen) atoms. The zero-order valence-corrected chi connectivity index (χ0v) is 8.21. The Morgan fingerprint density at radius 3 is 1.83 bits per heavy atom. The first-order chi connectivity index (χ1) is 5.27. The minimum atomic E-state index is -1.03. The summed E-state index contributed by atoms with van der Waals surface area (Å²) in [6.45, 7) is 9.02. The van der Waals surface area contributed by atoms with Crippen LogP contribution in [0.1, 0.15) is 34.6 Å². The first kappa shape index (κ1) is 11.4. The quantitative estimate of drug-likeness (QED) is 0.283. The zero-order valence-electron chi connectivity index (χ0n) is 8.21. The number of carbonyl (C=O) groups excluding carboxylic acids is 1. The highest BCUT2D eigenvalue weighted by atomic mass is 17.2. The van der Waals surface area contributed by atoms with Gasteiger partial charge in [0.25, 0.3) is 6.47 Å².